The van der Waals surface area contributed by atoms with Gasteiger partial charge >= 0.3 is 6.09 Å². The zero-order chi connectivity index (χ0) is 31.5. The Morgan fingerprint density at radius 2 is 1.66 bits per heavy atom. The Labute approximate surface area is 258 Å². The van der Waals surface area contributed by atoms with Gasteiger partial charge < -0.3 is 30.6 Å². The van der Waals surface area contributed by atoms with Crippen molar-refractivity contribution in [2.75, 3.05) is 6.54 Å². The highest BCUT2D eigenvalue weighted by atomic mass is 16.6. The highest BCUT2D eigenvalue weighted by molar-refractivity contribution is 5.97. The molecule has 0 aliphatic rings. The molecule has 4 N–H and O–H groups in total. The third kappa shape index (κ3) is 9.67. The number of carbonyl (C=O) groups excluding carboxylic acids is 3. The second-order valence-corrected chi connectivity index (χ2v) is 11.7. The van der Waals surface area contributed by atoms with Crippen molar-refractivity contribution in [2.45, 2.75) is 64.9 Å². The third-order valence-corrected chi connectivity index (χ3v) is 7.06. The Hall–Kier alpha value is -4.70. The van der Waals surface area contributed by atoms with Crippen molar-refractivity contribution in [1.82, 2.24) is 30.8 Å². The number of ether oxygens (including phenoxy) is 1. The van der Waals surface area contributed by atoms with Crippen LogP contribution in [0.4, 0.5) is 4.79 Å². The second kappa shape index (κ2) is 15.2. The van der Waals surface area contributed by atoms with Gasteiger partial charge in [0.05, 0.1) is 6.54 Å². The number of aromatic nitrogens is 2. The molecule has 1 atom stereocenters. The fourth-order valence-corrected chi connectivity index (χ4v) is 4.72. The van der Waals surface area contributed by atoms with Gasteiger partial charge in [-0.25, -0.2) is 9.78 Å². The number of aryl methyl sites for hydroxylation is 1. The van der Waals surface area contributed by atoms with Crippen molar-refractivity contribution < 1.29 is 19.1 Å². The quantitative estimate of drug-likeness (QED) is 0.167. The van der Waals surface area contributed by atoms with E-state index in [0.717, 1.165) is 27.7 Å². The minimum atomic E-state index is -0.721. The van der Waals surface area contributed by atoms with Crippen LogP contribution in [0.15, 0.2) is 79.1 Å². The summed E-state index contributed by atoms with van der Waals surface area (Å²) < 4.78 is 7.22. The number of amides is 3. The molecule has 0 bridgehead atoms. The Bertz CT molecular complexity index is 1550. The van der Waals surface area contributed by atoms with Crippen LogP contribution in [0.3, 0.4) is 0 Å². The number of benzene rings is 3. The summed E-state index contributed by atoms with van der Waals surface area (Å²) in [6.07, 6.45) is 4.27. The van der Waals surface area contributed by atoms with Gasteiger partial charge in [0.1, 0.15) is 17.5 Å². The van der Waals surface area contributed by atoms with Crippen LogP contribution in [0.5, 0.6) is 0 Å². The highest BCUT2D eigenvalue weighted by Crippen LogP contribution is 2.18. The average molecular weight is 599 g/mol. The van der Waals surface area contributed by atoms with Crippen LogP contribution in [0, 0.1) is 0 Å². The number of imidazole rings is 1. The van der Waals surface area contributed by atoms with E-state index < -0.39 is 17.7 Å². The summed E-state index contributed by atoms with van der Waals surface area (Å²) in [5.41, 5.74) is 1.66. The monoisotopic (exact) mass is 598 g/mol. The molecular weight excluding hydrogens is 556 g/mol. The van der Waals surface area contributed by atoms with Crippen molar-refractivity contribution in [3.8, 4) is 0 Å². The van der Waals surface area contributed by atoms with Crippen LogP contribution >= 0.6 is 0 Å². The standard InChI is InChI=1S/C34H42N6O4/c1-34(2,3)44-33(43)38-21-24-14-16-26(17-15-24)31(41)39-29(13-8-18-35-23-30-36-19-20-40(30)4)32(42)37-22-27-11-7-10-25-9-5-6-12-28(25)27/h5-7,9-12,14-17,19-20,29,35H,8,13,18,21-23H2,1-4H3,(H,37,42)(H,38,43)(H,39,41)/t29-/m0/s1. The molecule has 4 rings (SSSR count). The molecule has 0 spiro atoms. The van der Waals surface area contributed by atoms with Crippen LogP contribution in [0.1, 0.15) is 60.9 Å². The van der Waals surface area contributed by atoms with E-state index in [1.807, 2.05) is 60.3 Å². The molecule has 1 aromatic heterocycles. The van der Waals surface area contributed by atoms with Gasteiger partial charge in [0.15, 0.2) is 0 Å². The number of fused-ring (bicyclic) bond motifs is 1. The second-order valence-electron chi connectivity index (χ2n) is 11.7. The number of nitrogens with zero attached hydrogens (tertiary/aromatic N) is 2. The smallest absolute Gasteiger partial charge is 0.407 e. The maximum absolute atomic E-state index is 13.4. The number of hydrogen-bond acceptors (Lipinski definition) is 6. The number of hydrogen-bond donors (Lipinski definition) is 4. The molecule has 10 nitrogen and oxygen atoms in total. The summed E-state index contributed by atoms with van der Waals surface area (Å²) in [5.74, 6) is 0.337. The van der Waals surface area contributed by atoms with Crippen molar-refractivity contribution in [3.05, 3.63) is 102 Å². The van der Waals surface area contributed by atoms with Crippen molar-refractivity contribution in [1.29, 1.82) is 0 Å². The van der Waals surface area contributed by atoms with Crippen LogP contribution < -0.4 is 21.3 Å². The van der Waals surface area contributed by atoms with Crippen LogP contribution in [-0.2, 0) is 36.2 Å². The van der Waals surface area contributed by atoms with Gasteiger partial charge in [-0.2, -0.15) is 0 Å². The molecule has 0 fully saturated rings. The lowest BCUT2D eigenvalue weighted by molar-refractivity contribution is -0.123. The van der Waals surface area contributed by atoms with Crippen LogP contribution in [0.2, 0.25) is 0 Å². The molecular formula is C34H42N6O4. The van der Waals surface area contributed by atoms with E-state index >= 15 is 0 Å². The average Bonchev–Trinajstić information content (AvgIpc) is 3.41. The summed E-state index contributed by atoms with van der Waals surface area (Å²) in [6.45, 7) is 7.30. The van der Waals surface area contributed by atoms with Gasteiger partial charge in [-0.1, -0.05) is 54.6 Å². The van der Waals surface area contributed by atoms with E-state index in [4.69, 9.17) is 4.74 Å². The minimum Gasteiger partial charge on any atom is -0.444 e. The van der Waals surface area contributed by atoms with Gasteiger partial charge in [0, 0.05) is 38.1 Å². The van der Waals surface area contributed by atoms with Crippen LogP contribution in [-0.4, -0.2) is 45.6 Å². The molecule has 0 saturated carbocycles. The molecule has 0 saturated heterocycles. The molecule has 0 aliphatic heterocycles. The van der Waals surface area contributed by atoms with E-state index in [0.29, 0.717) is 38.0 Å². The van der Waals surface area contributed by atoms with Gasteiger partial charge in [0.25, 0.3) is 5.91 Å². The molecule has 3 aromatic carbocycles. The minimum absolute atomic E-state index is 0.242. The number of carbonyl (C=O) groups is 3. The van der Waals surface area contributed by atoms with Gasteiger partial charge in [-0.15, -0.1) is 0 Å². The first kappa shape index (κ1) is 32.2. The molecule has 0 aliphatic carbocycles. The lowest BCUT2D eigenvalue weighted by atomic mass is 10.0. The summed E-state index contributed by atoms with van der Waals surface area (Å²) in [4.78, 5) is 42.9. The molecule has 1 heterocycles. The van der Waals surface area contributed by atoms with E-state index in [1.54, 1.807) is 51.2 Å². The summed E-state index contributed by atoms with van der Waals surface area (Å²) in [7, 11) is 1.94. The predicted molar refractivity (Wildman–Crippen MR) is 171 cm³/mol. The van der Waals surface area contributed by atoms with Crippen molar-refractivity contribution in [3.63, 3.8) is 0 Å². The Kier molecular flexibility index (Phi) is 11.1. The Morgan fingerprint density at radius 1 is 0.909 bits per heavy atom. The summed E-state index contributed by atoms with van der Waals surface area (Å²) >= 11 is 0. The van der Waals surface area contributed by atoms with Crippen LogP contribution in [0.25, 0.3) is 10.8 Å². The van der Waals surface area contributed by atoms with Crippen molar-refractivity contribution >= 4 is 28.7 Å². The highest BCUT2D eigenvalue weighted by Gasteiger charge is 2.22. The normalized spacial score (nSPS) is 12.0. The van der Waals surface area contributed by atoms with Gasteiger partial charge in [-0.3, -0.25) is 9.59 Å². The molecule has 0 radical (unpaired) electrons. The zero-order valence-electron chi connectivity index (χ0n) is 25.9. The van der Waals surface area contributed by atoms with E-state index in [-0.39, 0.29) is 18.4 Å². The topological polar surface area (TPSA) is 126 Å². The van der Waals surface area contributed by atoms with Gasteiger partial charge in [0.2, 0.25) is 5.91 Å². The summed E-state index contributed by atoms with van der Waals surface area (Å²) in [6, 6.07) is 20.2. The fraction of sp³-hybridized carbons (Fsp3) is 0.353. The number of rotatable bonds is 13. The van der Waals surface area contributed by atoms with Gasteiger partial charge in [-0.05, 0) is 74.2 Å². The van der Waals surface area contributed by atoms with E-state index in [9.17, 15) is 14.4 Å². The molecule has 3 amide bonds. The molecule has 232 valence electrons. The predicted octanol–water partition coefficient (Wildman–Crippen LogP) is 4.58. The SMILES string of the molecule is Cn1ccnc1CNCCC[C@H](NC(=O)c1ccc(CNC(=O)OC(C)(C)C)cc1)C(=O)NCc1cccc2ccccc12. The molecule has 10 heteroatoms. The molecule has 0 unspecified atom stereocenters. The Morgan fingerprint density at radius 3 is 2.39 bits per heavy atom. The Balaban J connectivity index is 1.36. The number of nitrogens with one attached hydrogen (secondary N) is 4. The molecule has 4 aromatic rings. The van der Waals surface area contributed by atoms with Crippen molar-refractivity contribution in [2.24, 2.45) is 7.05 Å². The maximum atomic E-state index is 13.4. The fourth-order valence-electron chi connectivity index (χ4n) is 4.72. The van der Waals surface area contributed by atoms with E-state index in [2.05, 4.69) is 26.3 Å². The zero-order valence-corrected chi connectivity index (χ0v) is 25.9. The summed E-state index contributed by atoms with van der Waals surface area (Å²) in [5, 5.41) is 14.2. The largest absolute Gasteiger partial charge is 0.444 e. The lowest BCUT2D eigenvalue weighted by Crippen LogP contribution is -2.46. The first-order valence-corrected chi connectivity index (χ1v) is 14.9. The third-order valence-electron chi connectivity index (χ3n) is 7.06. The maximum Gasteiger partial charge on any atom is 0.407 e. The first-order chi connectivity index (χ1) is 21.1. The van der Waals surface area contributed by atoms with E-state index in [1.165, 1.54) is 0 Å². The first-order valence-electron chi connectivity index (χ1n) is 14.9. The number of alkyl carbamates (subject to hydrolysis) is 1. The molecule has 44 heavy (non-hydrogen) atoms. The lowest BCUT2D eigenvalue weighted by Gasteiger charge is -2.20.